The molecular formula is C16H24N4. The quantitative estimate of drug-likeness (QED) is 0.793. The first-order chi connectivity index (χ1) is 9.83. The molecule has 0 N–H and O–H groups in total. The lowest BCUT2D eigenvalue weighted by molar-refractivity contribution is 0.111. The summed E-state index contributed by atoms with van der Waals surface area (Å²) in [6.07, 6.45) is 6.87. The molecule has 2 heterocycles. The maximum absolute atomic E-state index is 9.22. The molecule has 2 rings (SSSR count). The summed E-state index contributed by atoms with van der Waals surface area (Å²) in [7, 11) is 0. The normalized spacial score (nSPS) is 18.6. The van der Waals surface area contributed by atoms with Crippen LogP contribution < -0.4 is 0 Å². The largest absolute Gasteiger partial charge is 0.300 e. The van der Waals surface area contributed by atoms with Crippen LogP contribution in [-0.2, 0) is 6.42 Å². The summed E-state index contributed by atoms with van der Waals surface area (Å²) >= 11 is 0. The van der Waals surface area contributed by atoms with Crippen molar-refractivity contribution >= 4 is 0 Å². The standard InChI is InChI=1S/C16H24N4/c1-2-3-16(14-17)20-12-10-19(11-13-20)9-6-15-4-7-18-8-5-15/h4-5,7-8,16H,2-3,6,9-13H2,1H3. The van der Waals surface area contributed by atoms with Gasteiger partial charge >= 0.3 is 0 Å². The Kier molecular flexibility index (Phi) is 5.97. The molecule has 1 aromatic rings. The van der Waals surface area contributed by atoms with Crippen molar-refractivity contribution in [1.82, 2.24) is 14.8 Å². The summed E-state index contributed by atoms with van der Waals surface area (Å²) in [5.74, 6) is 0. The molecule has 0 amide bonds. The number of nitrogens with zero attached hydrogens (tertiary/aromatic N) is 4. The number of piperazine rings is 1. The van der Waals surface area contributed by atoms with Crippen LogP contribution in [0, 0.1) is 11.3 Å². The van der Waals surface area contributed by atoms with E-state index in [1.54, 1.807) is 0 Å². The van der Waals surface area contributed by atoms with E-state index in [1.807, 2.05) is 12.4 Å². The molecule has 0 bridgehead atoms. The SMILES string of the molecule is CCCC(C#N)N1CCN(CCc2ccncc2)CC1. The predicted octanol–water partition coefficient (Wildman–Crippen LogP) is 1.93. The molecule has 0 spiro atoms. The second-order valence-corrected chi connectivity index (χ2v) is 5.42. The summed E-state index contributed by atoms with van der Waals surface area (Å²) in [5.41, 5.74) is 1.35. The van der Waals surface area contributed by atoms with Gasteiger partial charge in [0.15, 0.2) is 0 Å². The lowest BCUT2D eigenvalue weighted by atomic mass is 10.1. The molecule has 20 heavy (non-hydrogen) atoms. The van der Waals surface area contributed by atoms with Crippen LogP contribution in [0.5, 0.6) is 0 Å². The highest BCUT2D eigenvalue weighted by Gasteiger charge is 2.22. The molecule has 1 unspecified atom stereocenters. The Hall–Kier alpha value is -1.44. The third kappa shape index (κ3) is 4.29. The maximum atomic E-state index is 9.22. The highest BCUT2D eigenvalue weighted by atomic mass is 15.3. The van der Waals surface area contributed by atoms with Crippen LogP contribution >= 0.6 is 0 Å². The first-order valence-corrected chi connectivity index (χ1v) is 7.58. The van der Waals surface area contributed by atoms with Gasteiger partial charge in [0.1, 0.15) is 0 Å². The average molecular weight is 272 g/mol. The van der Waals surface area contributed by atoms with Gasteiger partial charge in [-0.3, -0.25) is 9.88 Å². The fourth-order valence-electron chi connectivity index (χ4n) is 2.74. The van der Waals surface area contributed by atoms with E-state index in [9.17, 15) is 5.26 Å². The van der Waals surface area contributed by atoms with E-state index in [-0.39, 0.29) is 6.04 Å². The monoisotopic (exact) mass is 272 g/mol. The zero-order chi connectivity index (χ0) is 14.2. The Labute approximate surface area is 122 Å². The predicted molar refractivity (Wildman–Crippen MR) is 80.3 cm³/mol. The van der Waals surface area contributed by atoms with E-state index in [4.69, 9.17) is 0 Å². The fourth-order valence-corrected chi connectivity index (χ4v) is 2.74. The lowest BCUT2D eigenvalue weighted by Gasteiger charge is -2.36. The summed E-state index contributed by atoms with van der Waals surface area (Å²) in [6, 6.07) is 6.73. The van der Waals surface area contributed by atoms with Crippen molar-refractivity contribution in [2.75, 3.05) is 32.7 Å². The van der Waals surface area contributed by atoms with E-state index in [1.165, 1.54) is 5.56 Å². The van der Waals surface area contributed by atoms with Gasteiger partial charge in [0.25, 0.3) is 0 Å². The van der Waals surface area contributed by atoms with Crippen LogP contribution in [-0.4, -0.2) is 53.5 Å². The fraction of sp³-hybridized carbons (Fsp3) is 0.625. The number of nitriles is 1. The Bertz CT molecular complexity index is 418. The molecule has 1 fully saturated rings. The molecule has 0 saturated carbocycles. The number of pyridine rings is 1. The van der Waals surface area contributed by atoms with Crippen LogP contribution in [0.2, 0.25) is 0 Å². The minimum Gasteiger partial charge on any atom is -0.300 e. The van der Waals surface area contributed by atoms with Gasteiger partial charge in [-0.1, -0.05) is 13.3 Å². The van der Waals surface area contributed by atoms with E-state index in [0.29, 0.717) is 0 Å². The van der Waals surface area contributed by atoms with Crippen molar-refractivity contribution in [3.05, 3.63) is 30.1 Å². The second kappa shape index (κ2) is 7.98. The van der Waals surface area contributed by atoms with Gasteiger partial charge in [-0.25, -0.2) is 0 Å². The summed E-state index contributed by atoms with van der Waals surface area (Å²) in [5, 5.41) is 9.22. The molecule has 0 aromatic carbocycles. The van der Waals surface area contributed by atoms with Crippen LogP contribution in [0.3, 0.4) is 0 Å². The maximum Gasteiger partial charge on any atom is 0.0978 e. The molecule has 4 heteroatoms. The highest BCUT2D eigenvalue weighted by molar-refractivity contribution is 5.10. The molecular weight excluding hydrogens is 248 g/mol. The Balaban J connectivity index is 1.73. The summed E-state index contributed by atoms with van der Waals surface area (Å²) < 4.78 is 0. The van der Waals surface area contributed by atoms with Crippen LogP contribution in [0.15, 0.2) is 24.5 Å². The van der Waals surface area contributed by atoms with Gasteiger partial charge in [-0.2, -0.15) is 5.26 Å². The van der Waals surface area contributed by atoms with Crippen molar-refractivity contribution in [3.63, 3.8) is 0 Å². The van der Waals surface area contributed by atoms with Crippen LogP contribution in [0.4, 0.5) is 0 Å². The smallest absolute Gasteiger partial charge is 0.0978 e. The van der Waals surface area contributed by atoms with Crippen LogP contribution in [0.1, 0.15) is 25.3 Å². The Morgan fingerprint density at radius 3 is 2.55 bits per heavy atom. The number of rotatable bonds is 6. The average Bonchev–Trinajstić information content (AvgIpc) is 2.52. The van der Waals surface area contributed by atoms with Crippen molar-refractivity contribution < 1.29 is 0 Å². The molecule has 1 atom stereocenters. The molecule has 0 radical (unpaired) electrons. The molecule has 0 aliphatic carbocycles. The minimum absolute atomic E-state index is 0.113. The van der Waals surface area contributed by atoms with Crippen LogP contribution in [0.25, 0.3) is 0 Å². The van der Waals surface area contributed by atoms with Gasteiger partial charge in [0.05, 0.1) is 12.1 Å². The molecule has 1 aromatic heterocycles. The van der Waals surface area contributed by atoms with Crippen molar-refractivity contribution in [2.45, 2.75) is 32.2 Å². The Morgan fingerprint density at radius 2 is 1.95 bits per heavy atom. The van der Waals surface area contributed by atoms with Crippen molar-refractivity contribution in [3.8, 4) is 6.07 Å². The first-order valence-electron chi connectivity index (χ1n) is 7.58. The highest BCUT2D eigenvalue weighted by Crippen LogP contribution is 2.11. The molecule has 1 aliphatic heterocycles. The van der Waals surface area contributed by atoms with Crippen molar-refractivity contribution in [2.24, 2.45) is 0 Å². The second-order valence-electron chi connectivity index (χ2n) is 5.42. The molecule has 1 aliphatic rings. The van der Waals surface area contributed by atoms with Gasteiger partial charge in [-0.05, 0) is 30.5 Å². The lowest BCUT2D eigenvalue weighted by Crippen LogP contribution is -2.50. The molecule has 1 saturated heterocycles. The number of hydrogen-bond donors (Lipinski definition) is 0. The van der Waals surface area contributed by atoms with Gasteiger partial charge in [0.2, 0.25) is 0 Å². The van der Waals surface area contributed by atoms with Crippen molar-refractivity contribution in [1.29, 1.82) is 5.26 Å². The zero-order valence-electron chi connectivity index (χ0n) is 12.3. The Morgan fingerprint density at radius 1 is 1.25 bits per heavy atom. The third-order valence-corrected chi connectivity index (χ3v) is 4.02. The van der Waals surface area contributed by atoms with Gasteiger partial charge in [0, 0.05) is 45.1 Å². The molecule has 4 nitrogen and oxygen atoms in total. The third-order valence-electron chi connectivity index (χ3n) is 4.02. The number of hydrogen-bond acceptors (Lipinski definition) is 4. The van der Waals surface area contributed by atoms with E-state index in [0.717, 1.165) is 52.0 Å². The minimum atomic E-state index is 0.113. The zero-order valence-corrected chi connectivity index (χ0v) is 12.3. The summed E-state index contributed by atoms with van der Waals surface area (Å²) in [4.78, 5) is 8.88. The van der Waals surface area contributed by atoms with Gasteiger partial charge in [-0.15, -0.1) is 0 Å². The van der Waals surface area contributed by atoms with E-state index >= 15 is 0 Å². The first kappa shape index (κ1) is 15.0. The van der Waals surface area contributed by atoms with Gasteiger partial charge < -0.3 is 4.90 Å². The number of aromatic nitrogens is 1. The van der Waals surface area contributed by atoms with E-state index in [2.05, 4.69) is 39.9 Å². The summed E-state index contributed by atoms with van der Waals surface area (Å²) in [6.45, 7) is 7.45. The molecule has 108 valence electrons. The van der Waals surface area contributed by atoms with E-state index < -0.39 is 0 Å². The topological polar surface area (TPSA) is 43.2 Å².